The Balaban J connectivity index is 0.000000193. The minimum absolute atomic E-state index is 0. The summed E-state index contributed by atoms with van der Waals surface area (Å²) in [5, 5.41) is 0. The number of Topliss-reactive ketones (excluding diaryl/α,β-unsaturated/α-hetero) is 1. The quantitative estimate of drug-likeness (QED) is 0.155. The van der Waals surface area contributed by atoms with Crippen LogP contribution in [-0.4, -0.2) is 71.5 Å². The summed E-state index contributed by atoms with van der Waals surface area (Å²) in [5.41, 5.74) is 20.0. The van der Waals surface area contributed by atoms with Gasteiger partial charge in [0.2, 0.25) is 5.91 Å². The van der Waals surface area contributed by atoms with E-state index in [4.69, 9.17) is 14.7 Å². The Hall–Kier alpha value is -7.06. The second kappa shape index (κ2) is 35.0. The average molecular weight is 2190 g/mol. The smallest absolute Gasteiger partial charge is 0.247 e. The van der Waals surface area contributed by atoms with Crippen LogP contribution in [-0.2, 0) is 128 Å². The van der Waals surface area contributed by atoms with Crippen molar-refractivity contribution in [3.05, 3.63) is 350 Å². The number of benzene rings is 10. The van der Waals surface area contributed by atoms with Crippen molar-refractivity contribution in [2.24, 2.45) is 25.0 Å². The monoisotopic (exact) mass is 2190 g/mol. The van der Waals surface area contributed by atoms with Gasteiger partial charge < -0.3 is 24.7 Å². The molecule has 1 amide bonds. The normalized spacial score (nSPS) is 15.8. The number of nitrogens with zero attached hydrogens (tertiary/aromatic N) is 5. The van der Waals surface area contributed by atoms with Gasteiger partial charge in [0.1, 0.15) is 5.54 Å². The van der Waals surface area contributed by atoms with E-state index in [2.05, 4.69) is 172 Å². The fourth-order valence-electron chi connectivity index (χ4n) is 12.3. The van der Waals surface area contributed by atoms with Gasteiger partial charge in [0.05, 0.1) is 18.1 Å². The molecule has 0 saturated carbocycles. The Morgan fingerprint density at radius 3 is 1.31 bits per heavy atom. The molecule has 0 aliphatic carbocycles. The molecule has 5 aliphatic heterocycles. The molecule has 0 aromatic heterocycles. The molecule has 515 valence electrons. The molecule has 99 heavy (non-hydrogen) atoms. The summed E-state index contributed by atoms with van der Waals surface area (Å²) in [7, 11) is 1.66. The molecule has 0 unspecified atom stereocenters. The van der Waals surface area contributed by atoms with E-state index in [0.29, 0.717) is 0 Å². The number of carbonyl (C=O) groups is 2. The molecule has 13 heteroatoms. The number of aliphatic imine (C=N–C) groups is 5. The molecule has 5 aliphatic rings. The zero-order valence-corrected chi connectivity index (χ0v) is 69.2. The van der Waals surface area contributed by atoms with Crippen molar-refractivity contribution in [3.63, 3.8) is 0 Å². The van der Waals surface area contributed by atoms with Crippen LogP contribution in [0.3, 0.4) is 0 Å². The van der Waals surface area contributed by atoms with E-state index in [1.807, 2.05) is 179 Å². The van der Waals surface area contributed by atoms with E-state index >= 15 is 0 Å². The third-order valence-corrected chi connectivity index (χ3v) is 18.4. The van der Waals surface area contributed by atoms with Crippen molar-refractivity contribution >= 4 is 40.2 Å². The van der Waals surface area contributed by atoms with Crippen LogP contribution in [0.25, 0.3) is 0 Å². The Morgan fingerprint density at radius 2 is 0.798 bits per heavy atom. The van der Waals surface area contributed by atoms with E-state index in [1.165, 1.54) is 33.4 Å². The van der Waals surface area contributed by atoms with Crippen LogP contribution in [0.1, 0.15) is 157 Å². The van der Waals surface area contributed by atoms with Crippen LogP contribution in [0.2, 0.25) is 0 Å². The zero-order chi connectivity index (χ0) is 66.3. The average Bonchev–Trinajstić information content (AvgIpc) is 0.745. The topological polar surface area (TPSA) is 105 Å². The molecule has 0 bridgehead atoms. The van der Waals surface area contributed by atoms with E-state index in [1.54, 1.807) is 7.11 Å². The number of methoxy groups -OCH3 is 1. The molecule has 0 spiro atoms. The van der Waals surface area contributed by atoms with E-state index in [-0.39, 0.29) is 129 Å². The SMILES string of the molecule is CC1(C)C(=O)N=C(c2[c-]cccc2)c2ccccc21.CC1(C)CN=C(c2[c-]cccc2)c2ccccc21.CC1(C)N=C(c2[c-]cccc2)c2ccccc2C1(C)C.CC1(C)N=C(c2[c-]cccc2)c2ccccc2C1=O.COc1c[c-]c(C2=NCCc3ccccc32)cc1.[Ir].[Ir].[Ir].[Ir].[Ir]. The first kappa shape index (κ1) is 80.9. The fourth-order valence-corrected chi connectivity index (χ4v) is 12.3. The summed E-state index contributed by atoms with van der Waals surface area (Å²) in [4.78, 5) is 48.1. The van der Waals surface area contributed by atoms with Gasteiger partial charge in [0, 0.05) is 136 Å². The second-order valence-electron chi connectivity index (χ2n) is 26.5. The Bertz CT molecular complexity index is 4560. The van der Waals surface area contributed by atoms with E-state index < -0.39 is 11.0 Å². The van der Waals surface area contributed by atoms with Gasteiger partial charge in [-0.2, -0.15) is 0 Å². The molecule has 5 heterocycles. The van der Waals surface area contributed by atoms with E-state index in [0.717, 1.165) is 104 Å². The van der Waals surface area contributed by atoms with Crippen molar-refractivity contribution in [3.8, 4) is 5.75 Å². The van der Waals surface area contributed by atoms with Crippen LogP contribution >= 0.6 is 0 Å². The maximum Gasteiger partial charge on any atom is 0.247 e. The molecule has 0 saturated heterocycles. The summed E-state index contributed by atoms with van der Waals surface area (Å²) in [5.74, 6) is 0.796. The first-order valence-electron chi connectivity index (χ1n) is 32.1. The Kier molecular flexibility index (Phi) is 28.6. The number of rotatable bonds is 6. The van der Waals surface area contributed by atoms with Gasteiger partial charge in [-0.3, -0.25) is 14.6 Å². The van der Waals surface area contributed by atoms with Crippen LogP contribution < -0.4 is 4.74 Å². The minimum Gasteiger partial charge on any atom is -0.540 e. The van der Waals surface area contributed by atoms with Crippen molar-refractivity contribution in [1.29, 1.82) is 0 Å². The first-order valence-corrected chi connectivity index (χ1v) is 32.1. The summed E-state index contributed by atoms with van der Waals surface area (Å²) >= 11 is 0. The number of carbonyl (C=O) groups excluding carboxylic acids is 2. The van der Waals surface area contributed by atoms with Crippen LogP contribution in [0.15, 0.2) is 262 Å². The van der Waals surface area contributed by atoms with Gasteiger partial charge >= 0.3 is 0 Å². The van der Waals surface area contributed by atoms with Crippen molar-refractivity contribution in [1.82, 2.24) is 0 Å². The second-order valence-corrected chi connectivity index (χ2v) is 26.5. The van der Waals surface area contributed by atoms with Gasteiger partial charge in [0.15, 0.2) is 5.78 Å². The van der Waals surface area contributed by atoms with Crippen molar-refractivity contribution in [2.45, 2.75) is 103 Å². The van der Waals surface area contributed by atoms with Crippen molar-refractivity contribution in [2.75, 3.05) is 20.2 Å². The summed E-state index contributed by atoms with van der Waals surface area (Å²) in [6.45, 7) is 22.7. The molecular formula is C86H78Ir5N5O3-5. The molecule has 8 nitrogen and oxygen atoms in total. The number of hydrogen-bond donors (Lipinski definition) is 0. The molecule has 15 rings (SSSR count). The van der Waals surface area contributed by atoms with Gasteiger partial charge in [0.25, 0.3) is 0 Å². The third-order valence-electron chi connectivity index (χ3n) is 18.4. The van der Waals surface area contributed by atoms with Gasteiger partial charge in [-0.25, -0.2) is 0 Å². The van der Waals surface area contributed by atoms with Gasteiger partial charge in [-0.1, -0.05) is 149 Å². The molecule has 10 aromatic rings. The standard InChI is InChI=1S/C19H20N.2C17H14NO.C17H16N.C16H14NO.5Ir/c1-18(2)16-13-9-8-12-15(16)17(20-19(18,3)4)14-10-6-5-7-11-14;1-17(2)14-11-7-6-10-13(14)15(18-16(17)19)12-8-4-3-5-9-12;1-17(2)16(19)14-11-7-6-10-13(14)15(18-17)12-8-4-3-5-9-12;1-17(2)12-18-16(13-8-4-3-5-9-13)14-10-6-7-11-15(14)17;1-18-14-8-6-13(7-9-14)16-15-5-3-2-4-12(15)10-11-17-16;;;;;/h5-10,12-13H,1-4H3;2*3-8,10-11H,1-2H3;3-8,10-11H,12H2,1-2H3;2-6,8-9H,10-11H2,1H3;;;;;/q5*-1;;;;;. The van der Waals surface area contributed by atoms with Crippen LogP contribution in [0, 0.1) is 30.3 Å². The summed E-state index contributed by atoms with van der Waals surface area (Å²) < 4.78 is 5.15. The summed E-state index contributed by atoms with van der Waals surface area (Å²) in [6.07, 6.45) is 1.02. The number of amides is 1. The molecule has 0 atom stereocenters. The van der Waals surface area contributed by atoms with Gasteiger partial charge in [-0.15, -0.1) is 173 Å². The van der Waals surface area contributed by atoms with Gasteiger partial charge in [-0.05, 0) is 127 Å². The van der Waals surface area contributed by atoms with Crippen LogP contribution in [0.5, 0.6) is 5.75 Å². The largest absolute Gasteiger partial charge is 0.540 e. The number of ether oxygens (including phenoxy) is 1. The van der Waals surface area contributed by atoms with Crippen molar-refractivity contribution < 1.29 is 115 Å². The first-order chi connectivity index (χ1) is 45.2. The fraction of sp³-hybridized carbons (Fsp3) is 0.221. The molecule has 5 radical (unpaired) electrons. The third kappa shape index (κ3) is 17.8. The molecular weight excluding hydrogens is 2110 g/mol. The molecule has 0 N–H and O–H groups in total. The Labute approximate surface area is 653 Å². The molecule has 10 aromatic carbocycles. The predicted octanol–water partition coefficient (Wildman–Crippen LogP) is 17.3. The van der Waals surface area contributed by atoms with Crippen LogP contribution in [0.4, 0.5) is 0 Å². The minimum atomic E-state index is -0.715. The predicted molar refractivity (Wildman–Crippen MR) is 383 cm³/mol. The maximum atomic E-state index is 12.4. The number of fused-ring (bicyclic) bond motifs is 5. The summed E-state index contributed by atoms with van der Waals surface area (Å²) in [6, 6.07) is 94.7. The number of hydrogen-bond acceptors (Lipinski definition) is 7. The Morgan fingerprint density at radius 1 is 0.384 bits per heavy atom. The molecule has 0 fully saturated rings. The maximum absolute atomic E-state index is 12.4. The van der Waals surface area contributed by atoms with E-state index in [9.17, 15) is 9.59 Å². The zero-order valence-electron chi connectivity index (χ0n) is 57.3. The number of ketones is 1.